The minimum absolute atomic E-state index is 0.232. The third-order valence-electron chi connectivity index (χ3n) is 6.65. The summed E-state index contributed by atoms with van der Waals surface area (Å²) in [6.45, 7) is 2.12. The molecule has 180 valence electrons. The molecule has 1 fully saturated rings. The Bertz CT molecular complexity index is 1120. The number of carbonyl (C=O) groups excluding carboxylic acids is 1. The van der Waals surface area contributed by atoms with E-state index in [9.17, 15) is 4.79 Å². The Morgan fingerprint density at radius 3 is 2.29 bits per heavy atom. The van der Waals surface area contributed by atoms with Gasteiger partial charge < -0.3 is 23.9 Å². The standard InChI is InChI=1S/C28H33NO5/c1-18-10-11-20(19-8-6-5-7-9-19)14-21(18)15-22-12-13-24(34-22)28(30)29-27-25(32-3)16-23(31-2)17-26(27)33-4/h10-14,16-17,19H,5-9,15H2,1-4H3,(H,29,30). The number of anilines is 1. The van der Waals surface area contributed by atoms with E-state index < -0.39 is 0 Å². The van der Waals surface area contributed by atoms with Gasteiger partial charge in [-0.3, -0.25) is 4.79 Å². The van der Waals surface area contributed by atoms with E-state index in [1.165, 1.54) is 63.0 Å². The number of aryl methyl sites for hydroxylation is 1. The first-order valence-corrected chi connectivity index (χ1v) is 11.8. The first-order valence-electron chi connectivity index (χ1n) is 11.8. The number of furan rings is 1. The maximum Gasteiger partial charge on any atom is 0.291 e. The molecule has 1 saturated carbocycles. The van der Waals surface area contributed by atoms with Gasteiger partial charge in [-0.05, 0) is 54.5 Å². The quantitative estimate of drug-likeness (QED) is 0.413. The van der Waals surface area contributed by atoms with Crippen molar-refractivity contribution in [2.75, 3.05) is 26.6 Å². The summed E-state index contributed by atoms with van der Waals surface area (Å²) >= 11 is 0. The predicted octanol–water partition coefficient (Wildman–Crippen LogP) is 6.50. The molecule has 0 saturated heterocycles. The van der Waals surface area contributed by atoms with Crippen LogP contribution in [0.15, 0.2) is 46.9 Å². The molecule has 6 nitrogen and oxygen atoms in total. The predicted molar refractivity (Wildman–Crippen MR) is 133 cm³/mol. The second kappa shape index (κ2) is 10.7. The Morgan fingerprint density at radius 2 is 1.65 bits per heavy atom. The average Bonchev–Trinajstić information content (AvgIpc) is 3.34. The molecule has 1 N–H and O–H groups in total. The van der Waals surface area contributed by atoms with Crippen molar-refractivity contribution in [3.8, 4) is 17.2 Å². The van der Waals surface area contributed by atoms with E-state index in [-0.39, 0.29) is 11.7 Å². The fourth-order valence-corrected chi connectivity index (χ4v) is 4.66. The Hall–Kier alpha value is -3.41. The summed E-state index contributed by atoms with van der Waals surface area (Å²) in [6.07, 6.45) is 7.16. The molecule has 1 aliphatic carbocycles. The summed E-state index contributed by atoms with van der Waals surface area (Å²) in [5.41, 5.74) is 4.31. The molecule has 0 atom stereocenters. The van der Waals surface area contributed by atoms with E-state index in [4.69, 9.17) is 18.6 Å². The molecule has 1 aliphatic rings. The Balaban J connectivity index is 1.51. The van der Waals surface area contributed by atoms with Crippen LogP contribution in [0.1, 0.15) is 71.0 Å². The normalized spacial score (nSPS) is 14.0. The topological polar surface area (TPSA) is 69.9 Å². The molecule has 0 radical (unpaired) electrons. The van der Waals surface area contributed by atoms with Crippen LogP contribution in [0.5, 0.6) is 17.2 Å². The van der Waals surface area contributed by atoms with Crippen molar-refractivity contribution in [2.45, 2.75) is 51.4 Å². The zero-order valence-corrected chi connectivity index (χ0v) is 20.4. The summed E-state index contributed by atoms with van der Waals surface area (Å²) in [6, 6.07) is 13.7. The third kappa shape index (κ3) is 5.22. The fourth-order valence-electron chi connectivity index (χ4n) is 4.66. The van der Waals surface area contributed by atoms with Gasteiger partial charge in [0.15, 0.2) is 5.76 Å². The van der Waals surface area contributed by atoms with Crippen LogP contribution in [0.3, 0.4) is 0 Å². The summed E-state index contributed by atoms with van der Waals surface area (Å²) in [5, 5.41) is 2.85. The maximum absolute atomic E-state index is 13.0. The third-order valence-corrected chi connectivity index (χ3v) is 6.65. The Kier molecular flexibility index (Phi) is 7.46. The zero-order chi connectivity index (χ0) is 24.1. The van der Waals surface area contributed by atoms with Crippen LogP contribution in [0.2, 0.25) is 0 Å². The molecule has 34 heavy (non-hydrogen) atoms. The van der Waals surface area contributed by atoms with E-state index in [1.807, 2.05) is 6.07 Å². The summed E-state index contributed by atoms with van der Waals surface area (Å²) in [4.78, 5) is 13.0. The van der Waals surface area contributed by atoms with Gasteiger partial charge in [-0.2, -0.15) is 0 Å². The van der Waals surface area contributed by atoms with Crippen molar-refractivity contribution in [1.29, 1.82) is 0 Å². The number of methoxy groups -OCH3 is 3. The van der Waals surface area contributed by atoms with Gasteiger partial charge in [0.2, 0.25) is 0 Å². The Morgan fingerprint density at radius 1 is 0.941 bits per heavy atom. The van der Waals surface area contributed by atoms with E-state index in [2.05, 4.69) is 30.4 Å². The highest BCUT2D eigenvalue weighted by atomic mass is 16.5. The van der Waals surface area contributed by atoms with Crippen molar-refractivity contribution >= 4 is 11.6 Å². The van der Waals surface area contributed by atoms with Crippen LogP contribution in [0, 0.1) is 6.92 Å². The second-order valence-electron chi connectivity index (χ2n) is 8.82. The van der Waals surface area contributed by atoms with Gasteiger partial charge in [-0.15, -0.1) is 0 Å². The first kappa shape index (κ1) is 23.7. The highest BCUT2D eigenvalue weighted by molar-refractivity contribution is 6.04. The maximum atomic E-state index is 13.0. The lowest BCUT2D eigenvalue weighted by molar-refractivity contribution is 0.0994. The number of carbonyl (C=O) groups is 1. The van der Waals surface area contributed by atoms with Gasteiger partial charge in [0, 0.05) is 18.6 Å². The summed E-state index contributed by atoms with van der Waals surface area (Å²) in [7, 11) is 4.61. The first-order chi connectivity index (χ1) is 16.5. The van der Waals surface area contributed by atoms with E-state index in [0.717, 1.165) is 5.76 Å². The Labute approximate surface area is 201 Å². The average molecular weight is 464 g/mol. The number of hydrogen-bond donors (Lipinski definition) is 1. The smallest absolute Gasteiger partial charge is 0.291 e. The molecule has 0 unspecified atom stereocenters. The van der Waals surface area contributed by atoms with Gasteiger partial charge in [0.1, 0.15) is 28.7 Å². The van der Waals surface area contributed by atoms with E-state index >= 15 is 0 Å². The van der Waals surface area contributed by atoms with Crippen LogP contribution in [0.25, 0.3) is 0 Å². The molecule has 2 aromatic carbocycles. The number of hydrogen-bond acceptors (Lipinski definition) is 5. The molecular formula is C28H33NO5. The summed E-state index contributed by atoms with van der Waals surface area (Å²) < 4.78 is 22.0. The minimum atomic E-state index is -0.374. The molecule has 0 aliphatic heterocycles. The fraction of sp³-hybridized carbons (Fsp3) is 0.393. The molecule has 6 heteroatoms. The molecule has 1 heterocycles. The SMILES string of the molecule is COc1cc(OC)c(NC(=O)c2ccc(Cc3cc(C4CCCCC4)ccc3C)o2)c(OC)c1. The van der Waals surface area contributed by atoms with Gasteiger partial charge in [-0.25, -0.2) is 0 Å². The summed E-state index contributed by atoms with van der Waals surface area (Å²) in [5.74, 6) is 2.70. The number of amides is 1. The van der Waals surface area contributed by atoms with Crippen LogP contribution >= 0.6 is 0 Å². The lowest BCUT2D eigenvalue weighted by Crippen LogP contribution is -2.13. The van der Waals surface area contributed by atoms with Gasteiger partial charge in [0.25, 0.3) is 5.91 Å². The number of nitrogens with one attached hydrogen (secondary N) is 1. The molecule has 1 amide bonds. The highest BCUT2D eigenvalue weighted by Crippen LogP contribution is 2.39. The number of ether oxygens (including phenoxy) is 3. The lowest BCUT2D eigenvalue weighted by Gasteiger charge is -2.23. The molecule has 4 rings (SSSR count). The van der Waals surface area contributed by atoms with Gasteiger partial charge >= 0.3 is 0 Å². The lowest BCUT2D eigenvalue weighted by atomic mass is 9.83. The van der Waals surface area contributed by atoms with Gasteiger partial charge in [-0.1, -0.05) is 37.5 Å². The van der Waals surface area contributed by atoms with Crippen LogP contribution in [-0.2, 0) is 6.42 Å². The zero-order valence-electron chi connectivity index (χ0n) is 20.4. The van der Waals surface area contributed by atoms with Crippen molar-refractivity contribution in [3.63, 3.8) is 0 Å². The highest BCUT2D eigenvalue weighted by Gasteiger charge is 2.20. The minimum Gasteiger partial charge on any atom is -0.496 e. The number of rotatable bonds is 8. The van der Waals surface area contributed by atoms with Crippen molar-refractivity contribution in [1.82, 2.24) is 0 Å². The van der Waals surface area contributed by atoms with Crippen LogP contribution in [-0.4, -0.2) is 27.2 Å². The largest absolute Gasteiger partial charge is 0.496 e. The monoisotopic (exact) mass is 463 g/mol. The number of benzene rings is 2. The molecular weight excluding hydrogens is 430 g/mol. The second-order valence-corrected chi connectivity index (χ2v) is 8.82. The van der Waals surface area contributed by atoms with Crippen molar-refractivity contribution in [2.24, 2.45) is 0 Å². The van der Waals surface area contributed by atoms with Crippen molar-refractivity contribution in [3.05, 3.63) is 70.7 Å². The van der Waals surface area contributed by atoms with Gasteiger partial charge in [0.05, 0.1) is 21.3 Å². The van der Waals surface area contributed by atoms with Crippen molar-refractivity contribution < 1.29 is 23.4 Å². The molecule has 1 aromatic heterocycles. The van der Waals surface area contributed by atoms with E-state index in [1.54, 1.807) is 25.3 Å². The van der Waals surface area contributed by atoms with Crippen LogP contribution in [0.4, 0.5) is 5.69 Å². The molecule has 0 bridgehead atoms. The van der Waals surface area contributed by atoms with E-state index in [0.29, 0.717) is 35.3 Å². The molecule has 0 spiro atoms. The molecule has 3 aromatic rings. The van der Waals surface area contributed by atoms with Crippen LogP contribution < -0.4 is 19.5 Å².